The normalized spacial score (nSPS) is 21.3. The highest BCUT2D eigenvalue weighted by atomic mass is 16.5. The first-order chi connectivity index (χ1) is 12.6. The van der Waals surface area contributed by atoms with Crippen molar-refractivity contribution in [3.8, 4) is 0 Å². The van der Waals surface area contributed by atoms with E-state index >= 15 is 0 Å². The number of nitrogens with zero attached hydrogens (tertiary/aromatic N) is 1. The molecule has 2 saturated heterocycles. The summed E-state index contributed by atoms with van der Waals surface area (Å²) in [7, 11) is 0. The Hall–Kier alpha value is -1.63. The fourth-order valence-corrected chi connectivity index (χ4v) is 3.65. The number of piperidine rings is 1. The van der Waals surface area contributed by atoms with E-state index in [0.717, 1.165) is 50.9 Å². The molecule has 2 aliphatic rings. The molecule has 1 aromatic rings. The summed E-state index contributed by atoms with van der Waals surface area (Å²) >= 11 is 0. The van der Waals surface area contributed by atoms with Gasteiger partial charge in [0.25, 0.3) is 0 Å². The zero-order valence-corrected chi connectivity index (χ0v) is 15.4. The zero-order valence-electron chi connectivity index (χ0n) is 15.4. The van der Waals surface area contributed by atoms with E-state index in [-0.39, 0.29) is 6.09 Å². The van der Waals surface area contributed by atoms with Crippen molar-refractivity contribution in [2.75, 3.05) is 39.5 Å². The molecule has 0 aliphatic carbocycles. The van der Waals surface area contributed by atoms with Crippen LogP contribution >= 0.6 is 0 Å². The first-order valence-electron chi connectivity index (χ1n) is 9.60. The van der Waals surface area contributed by atoms with Crippen molar-refractivity contribution in [2.24, 2.45) is 5.92 Å². The van der Waals surface area contributed by atoms with Crippen LogP contribution in [0.3, 0.4) is 0 Å². The Labute approximate surface area is 155 Å². The smallest absolute Gasteiger partial charge is 0.407 e. The van der Waals surface area contributed by atoms with Crippen LogP contribution < -0.4 is 5.32 Å². The van der Waals surface area contributed by atoms with E-state index in [0.29, 0.717) is 32.3 Å². The van der Waals surface area contributed by atoms with Gasteiger partial charge >= 0.3 is 6.09 Å². The van der Waals surface area contributed by atoms with E-state index in [4.69, 9.17) is 9.47 Å². The number of ether oxygens (including phenoxy) is 2. The second-order valence-corrected chi connectivity index (χ2v) is 7.49. The van der Waals surface area contributed by atoms with Gasteiger partial charge in [0.2, 0.25) is 0 Å². The van der Waals surface area contributed by atoms with Crippen molar-refractivity contribution in [3.63, 3.8) is 0 Å². The summed E-state index contributed by atoms with van der Waals surface area (Å²) in [5.74, 6) is 0.401. The second-order valence-electron chi connectivity index (χ2n) is 7.49. The van der Waals surface area contributed by atoms with Gasteiger partial charge in [-0.2, -0.15) is 0 Å². The highest BCUT2D eigenvalue weighted by molar-refractivity contribution is 5.67. The number of rotatable bonds is 6. The summed E-state index contributed by atoms with van der Waals surface area (Å²) in [6.07, 6.45) is 3.08. The molecular formula is C20H30N2O4. The molecule has 0 aromatic heterocycles. The maximum Gasteiger partial charge on any atom is 0.407 e. The Morgan fingerprint density at radius 1 is 1.23 bits per heavy atom. The molecule has 2 heterocycles. The average Bonchev–Trinajstić information content (AvgIpc) is 2.67. The van der Waals surface area contributed by atoms with Crippen LogP contribution in [0.4, 0.5) is 4.79 Å². The van der Waals surface area contributed by atoms with E-state index in [9.17, 15) is 9.90 Å². The molecule has 3 rings (SSSR count). The number of nitrogens with one attached hydrogen (secondary N) is 1. The highest BCUT2D eigenvalue weighted by Crippen LogP contribution is 2.25. The average molecular weight is 362 g/mol. The summed E-state index contributed by atoms with van der Waals surface area (Å²) in [6.45, 7) is 4.87. The van der Waals surface area contributed by atoms with Crippen LogP contribution in [-0.4, -0.2) is 61.2 Å². The summed E-state index contributed by atoms with van der Waals surface area (Å²) in [5.41, 5.74) is 0.461. The Kier molecular flexibility index (Phi) is 6.88. The molecule has 1 aromatic carbocycles. The van der Waals surface area contributed by atoms with Gasteiger partial charge in [-0.25, -0.2) is 4.79 Å². The number of carbonyl (C=O) groups excluding carboxylic acids is 1. The quantitative estimate of drug-likeness (QED) is 0.812. The topological polar surface area (TPSA) is 71.0 Å². The molecule has 0 radical (unpaired) electrons. The van der Waals surface area contributed by atoms with E-state index in [1.54, 1.807) is 0 Å². The molecule has 2 fully saturated rings. The summed E-state index contributed by atoms with van der Waals surface area (Å²) in [5, 5.41) is 13.4. The van der Waals surface area contributed by atoms with Gasteiger partial charge in [-0.1, -0.05) is 30.3 Å². The van der Waals surface area contributed by atoms with E-state index in [2.05, 4.69) is 10.2 Å². The van der Waals surface area contributed by atoms with Crippen molar-refractivity contribution >= 4 is 6.09 Å². The third kappa shape index (κ3) is 5.97. The zero-order chi connectivity index (χ0) is 18.2. The van der Waals surface area contributed by atoms with Crippen molar-refractivity contribution in [3.05, 3.63) is 35.9 Å². The molecule has 2 N–H and O–H groups in total. The lowest BCUT2D eigenvalue weighted by atomic mass is 9.91. The second kappa shape index (κ2) is 9.35. The highest BCUT2D eigenvalue weighted by Gasteiger charge is 2.33. The number of alkyl carbamates (subject to hydrolysis) is 1. The molecule has 0 spiro atoms. The Balaban J connectivity index is 1.30. The first kappa shape index (κ1) is 19.1. The fraction of sp³-hybridized carbons (Fsp3) is 0.650. The molecule has 0 unspecified atom stereocenters. The number of likely N-dealkylation sites (tertiary alicyclic amines) is 1. The Morgan fingerprint density at radius 2 is 1.92 bits per heavy atom. The van der Waals surface area contributed by atoms with E-state index < -0.39 is 5.60 Å². The Bertz CT molecular complexity index is 552. The van der Waals surface area contributed by atoms with Gasteiger partial charge in [0.15, 0.2) is 0 Å². The molecule has 0 bridgehead atoms. The number of benzene rings is 1. The monoisotopic (exact) mass is 362 g/mol. The van der Waals surface area contributed by atoms with Crippen LogP contribution in [0.15, 0.2) is 30.3 Å². The van der Waals surface area contributed by atoms with Crippen LogP contribution in [-0.2, 0) is 16.0 Å². The molecule has 0 saturated carbocycles. The molecule has 144 valence electrons. The minimum absolute atomic E-state index is 0.354. The lowest BCUT2D eigenvalue weighted by Gasteiger charge is -2.39. The third-order valence-corrected chi connectivity index (χ3v) is 5.38. The van der Waals surface area contributed by atoms with Crippen LogP contribution in [0.5, 0.6) is 0 Å². The molecule has 6 heteroatoms. The minimum atomic E-state index is -0.598. The largest absolute Gasteiger partial charge is 0.449 e. The van der Waals surface area contributed by atoms with Crippen LogP contribution in [0.1, 0.15) is 31.2 Å². The predicted octanol–water partition coefficient (Wildman–Crippen LogP) is 2.17. The van der Waals surface area contributed by atoms with Crippen LogP contribution in [0.25, 0.3) is 0 Å². The van der Waals surface area contributed by atoms with Gasteiger partial charge in [-0.05, 0) is 37.4 Å². The molecule has 1 amide bonds. The van der Waals surface area contributed by atoms with Gasteiger partial charge < -0.3 is 24.8 Å². The van der Waals surface area contributed by atoms with Crippen molar-refractivity contribution in [1.82, 2.24) is 10.2 Å². The lowest BCUT2D eigenvalue weighted by molar-refractivity contribution is -0.0835. The van der Waals surface area contributed by atoms with Crippen LogP contribution in [0, 0.1) is 5.92 Å². The summed E-state index contributed by atoms with van der Waals surface area (Å²) in [4.78, 5) is 14.2. The molecule has 26 heavy (non-hydrogen) atoms. The SMILES string of the molecule is O=C(NCc1ccccc1)OCC1CCN(CC2(O)CCOCC2)CC1. The fourth-order valence-electron chi connectivity index (χ4n) is 3.65. The molecular weight excluding hydrogens is 332 g/mol. The number of hydrogen-bond acceptors (Lipinski definition) is 5. The van der Waals surface area contributed by atoms with Crippen LogP contribution in [0.2, 0.25) is 0 Å². The molecule has 0 atom stereocenters. The number of β-amino-alcohol motifs (C(OH)–C–C–N with tert-alkyl or cyclic N) is 1. The maximum absolute atomic E-state index is 11.8. The standard InChI is InChI=1S/C20H30N2O4/c23-19(21-14-17-4-2-1-3-5-17)26-15-18-6-10-22(11-7-18)16-20(24)8-12-25-13-9-20/h1-5,18,24H,6-16H2,(H,21,23). The first-order valence-corrected chi connectivity index (χ1v) is 9.60. The third-order valence-electron chi connectivity index (χ3n) is 5.38. The predicted molar refractivity (Wildman–Crippen MR) is 98.8 cm³/mol. The van der Waals surface area contributed by atoms with Crippen molar-refractivity contribution < 1.29 is 19.4 Å². The summed E-state index contributed by atoms with van der Waals surface area (Å²) in [6, 6.07) is 9.81. The van der Waals surface area contributed by atoms with Gasteiger partial charge in [-0.3, -0.25) is 0 Å². The Morgan fingerprint density at radius 3 is 2.62 bits per heavy atom. The van der Waals surface area contributed by atoms with E-state index in [1.807, 2.05) is 30.3 Å². The number of hydrogen-bond donors (Lipinski definition) is 2. The van der Waals surface area contributed by atoms with Crippen molar-refractivity contribution in [2.45, 2.75) is 37.8 Å². The minimum Gasteiger partial charge on any atom is -0.449 e. The maximum atomic E-state index is 11.8. The van der Waals surface area contributed by atoms with Gasteiger partial charge in [0, 0.05) is 39.1 Å². The van der Waals surface area contributed by atoms with Gasteiger partial charge in [-0.15, -0.1) is 0 Å². The van der Waals surface area contributed by atoms with Gasteiger partial charge in [0.05, 0.1) is 12.2 Å². The number of amides is 1. The number of carbonyl (C=O) groups is 1. The molecule has 2 aliphatic heterocycles. The molecule has 6 nitrogen and oxygen atoms in total. The lowest BCUT2D eigenvalue weighted by Crippen LogP contribution is -2.49. The van der Waals surface area contributed by atoms with Gasteiger partial charge in [0.1, 0.15) is 0 Å². The summed E-state index contributed by atoms with van der Waals surface area (Å²) < 4.78 is 10.7. The van der Waals surface area contributed by atoms with E-state index in [1.165, 1.54) is 0 Å². The van der Waals surface area contributed by atoms with Crippen molar-refractivity contribution in [1.29, 1.82) is 0 Å². The number of aliphatic hydroxyl groups is 1.